The number of halogens is 1. The van der Waals surface area contributed by atoms with Gasteiger partial charge in [0.25, 0.3) is 5.91 Å². The lowest BCUT2D eigenvalue weighted by atomic mass is 10.0. The number of nitrogens with two attached hydrogens (primary N) is 1. The Morgan fingerprint density at radius 2 is 1.93 bits per heavy atom. The van der Waals surface area contributed by atoms with Gasteiger partial charge >= 0.3 is 11.9 Å². The zero-order valence-electron chi connectivity index (χ0n) is 21.2. The summed E-state index contributed by atoms with van der Waals surface area (Å²) in [6.45, 7) is 0.635. The minimum atomic E-state index is -1.16. The van der Waals surface area contributed by atoms with Crippen molar-refractivity contribution in [2.75, 3.05) is 17.3 Å². The van der Waals surface area contributed by atoms with Crippen LogP contribution in [0, 0.1) is 0 Å². The number of rotatable bonds is 13. The molecule has 0 bridgehead atoms. The number of aryl methyl sites for hydroxylation is 1. The summed E-state index contributed by atoms with van der Waals surface area (Å²) in [5.74, 6) is -1.87. The number of amides is 2. The molecule has 0 unspecified atom stereocenters. The quantitative estimate of drug-likeness (QED) is 0.142. The topological polar surface area (TPSA) is 154 Å². The van der Waals surface area contributed by atoms with Crippen molar-refractivity contribution in [1.82, 2.24) is 10.2 Å². The van der Waals surface area contributed by atoms with Crippen molar-refractivity contribution < 1.29 is 34.0 Å². The molecule has 2 aliphatic rings. The number of pyridine rings is 1. The molecule has 1 saturated heterocycles. The van der Waals surface area contributed by atoms with Gasteiger partial charge in [-0.2, -0.15) is 0 Å². The third-order valence-electron chi connectivity index (χ3n) is 6.25. The van der Waals surface area contributed by atoms with Crippen LogP contribution in [-0.4, -0.2) is 73.6 Å². The number of aliphatic carboxylic acids is 2. The predicted octanol–water partition coefficient (Wildman–Crippen LogP) is 2.55. The first-order chi connectivity index (χ1) is 19.1. The number of fused-ring (bicyclic) bond motifs is 1. The Balaban J connectivity index is 1.30. The maximum atomic E-state index is 12.9. The van der Waals surface area contributed by atoms with Crippen LogP contribution in [0.15, 0.2) is 74.3 Å². The van der Waals surface area contributed by atoms with Gasteiger partial charge in [-0.15, -0.1) is 35.3 Å². The molecule has 212 valence electrons. The Bertz CT molecular complexity index is 1330. The lowest BCUT2D eigenvalue weighted by Gasteiger charge is -2.49. The zero-order valence-corrected chi connectivity index (χ0v) is 25.2. The number of β-lactam (4-membered cyclic amide) rings is 1. The molecule has 3 heterocycles. The van der Waals surface area contributed by atoms with E-state index in [1.807, 2.05) is 53.4 Å². The molecule has 2 amide bonds. The van der Waals surface area contributed by atoms with Gasteiger partial charge in [0.2, 0.25) is 5.91 Å². The molecule has 1 fully saturated rings. The fraction of sp³-hybridized carbons (Fsp3) is 0.346. The number of hydrogen-bond acceptors (Lipinski definition) is 8. The van der Waals surface area contributed by atoms with E-state index < -0.39 is 35.3 Å². The number of nitrogens with zero attached hydrogens (tertiary/aromatic N) is 2. The van der Waals surface area contributed by atoms with Gasteiger partial charge in [0.05, 0.1) is 5.75 Å². The average molecular weight is 669 g/mol. The highest BCUT2D eigenvalue weighted by Crippen LogP contribution is 2.41. The van der Waals surface area contributed by atoms with E-state index >= 15 is 0 Å². The number of thioether (sulfide) groups is 3. The summed E-state index contributed by atoms with van der Waals surface area (Å²) in [6, 6.07) is 9.78. The van der Waals surface area contributed by atoms with Crippen LogP contribution in [0.4, 0.5) is 0 Å². The van der Waals surface area contributed by atoms with Gasteiger partial charge < -0.3 is 21.3 Å². The minimum absolute atomic E-state index is 0.00368. The standard InChI is InChI=1S/C26H27BrN4O6S3/c27-16-3-1-4-18(11-16)39-14-20(32)29-21-23(33)31-22(26(36)37)15(13-40-24(21)31)12-38-17-6-9-30(10-7-17)8-2-5-19(28)25(34)35/h1,3-4,6-7,9-11,19,21,24H,2,5,8,12-14,28H2,(H2-,29,32,34,35,36,37)/p+1/t19-,21+,24+/m0/s1. The van der Waals surface area contributed by atoms with Gasteiger partial charge in [0.15, 0.2) is 12.4 Å². The van der Waals surface area contributed by atoms with Crippen molar-refractivity contribution in [2.45, 2.75) is 46.6 Å². The van der Waals surface area contributed by atoms with Crippen LogP contribution in [0.5, 0.6) is 0 Å². The van der Waals surface area contributed by atoms with Gasteiger partial charge in [-0.1, -0.05) is 22.0 Å². The number of aromatic nitrogens is 1. The van der Waals surface area contributed by atoms with Crippen LogP contribution < -0.4 is 15.6 Å². The van der Waals surface area contributed by atoms with Crippen molar-refractivity contribution in [3.63, 3.8) is 0 Å². The Labute approximate surface area is 252 Å². The van der Waals surface area contributed by atoms with Gasteiger partial charge in [0, 0.05) is 44.3 Å². The van der Waals surface area contributed by atoms with E-state index in [0.717, 1.165) is 14.3 Å². The van der Waals surface area contributed by atoms with Gasteiger partial charge in [-0.25, -0.2) is 9.36 Å². The molecule has 4 rings (SSSR count). The fourth-order valence-corrected chi connectivity index (χ4v) is 7.88. The largest absolute Gasteiger partial charge is 0.480 e. The summed E-state index contributed by atoms with van der Waals surface area (Å²) < 4.78 is 2.85. The second-order valence-electron chi connectivity index (χ2n) is 9.11. The van der Waals surface area contributed by atoms with E-state index in [2.05, 4.69) is 21.2 Å². The van der Waals surface area contributed by atoms with Crippen LogP contribution in [0.25, 0.3) is 0 Å². The Morgan fingerprint density at radius 3 is 2.60 bits per heavy atom. The SMILES string of the molecule is N[C@@H](CCC[n+]1ccc(SCC2=C(C(=O)O)N3C(=O)[C@@H](NC(=O)CSc4cccc(Br)c4)[C@H]3SC2)cc1)C(=O)O. The normalized spacial score (nSPS) is 19.1. The summed E-state index contributed by atoms with van der Waals surface area (Å²) in [4.78, 5) is 51.6. The first-order valence-electron chi connectivity index (χ1n) is 12.3. The van der Waals surface area contributed by atoms with Gasteiger partial charge in [-0.3, -0.25) is 19.3 Å². The Morgan fingerprint density at radius 1 is 1.18 bits per heavy atom. The molecule has 5 N–H and O–H groups in total. The summed E-state index contributed by atoms with van der Waals surface area (Å²) in [7, 11) is 0. The molecule has 0 radical (unpaired) electrons. The first-order valence-corrected chi connectivity index (χ1v) is 16.1. The molecule has 1 aromatic heterocycles. The van der Waals surface area contributed by atoms with Crippen molar-refractivity contribution in [3.05, 3.63) is 64.5 Å². The molecule has 2 aromatic rings. The average Bonchev–Trinajstić information content (AvgIpc) is 2.93. The zero-order chi connectivity index (χ0) is 28.8. The maximum absolute atomic E-state index is 12.9. The number of carboxylic acids is 2. The second-order valence-corrected chi connectivity index (χ2v) is 13.2. The molecular formula is C26H28BrN4O6S3+. The molecule has 2 aliphatic heterocycles. The van der Waals surface area contributed by atoms with Crippen LogP contribution in [0.1, 0.15) is 12.8 Å². The maximum Gasteiger partial charge on any atom is 0.352 e. The highest BCUT2D eigenvalue weighted by atomic mass is 79.9. The molecule has 10 nitrogen and oxygen atoms in total. The number of carbonyl (C=O) groups is 4. The first kappa shape index (κ1) is 30.4. The van der Waals surface area contributed by atoms with Crippen LogP contribution in [-0.2, 0) is 25.7 Å². The van der Waals surface area contributed by atoms with Crippen molar-refractivity contribution in [2.24, 2.45) is 5.73 Å². The Hall–Kier alpha value is -2.52. The smallest absolute Gasteiger partial charge is 0.352 e. The highest BCUT2D eigenvalue weighted by Gasteiger charge is 2.54. The van der Waals surface area contributed by atoms with Crippen molar-refractivity contribution in [3.8, 4) is 0 Å². The van der Waals surface area contributed by atoms with Crippen LogP contribution >= 0.6 is 51.2 Å². The molecule has 0 aliphatic carbocycles. The van der Waals surface area contributed by atoms with Gasteiger partial charge in [-0.05, 0) is 30.2 Å². The van der Waals surface area contributed by atoms with E-state index in [9.17, 15) is 24.3 Å². The third kappa shape index (κ3) is 7.60. The van der Waals surface area contributed by atoms with Crippen molar-refractivity contribution >= 4 is 75.0 Å². The summed E-state index contributed by atoms with van der Waals surface area (Å²) in [5.41, 5.74) is 6.19. The molecule has 3 atom stereocenters. The third-order valence-corrected chi connectivity index (χ3v) is 10.2. The number of carboxylic acid groups (broad SMARTS) is 2. The van der Waals surface area contributed by atoms with Crippen LogP contribution in [0.2, 0.25) is 0 Å². The Kier molecular flexibility index (Phi) is 10.6. The van der Waals surface area contributed by atoms with Crippen molar-refractivity contribution in [1.29, 1.82) is 0 Å². The van der Waals surface area contributed by atoms with E-state index in [4.69, 9.17) is 10.8 Å². The highest BCUT2D eigenvalue weighted by molar-refractivity contribution is 9.10. The molecule has 40 heavy (non-hydrogen) atoms. The lowest BCUT2D eigenvalue weighted by Crippen LogP contribution is -2.70. The van der Waals surface area contributed by atoms with E-state index in [1.54, 1.807) is 0 Å². The summed E-state index contributed by atoms with van der Waals surface area (Å²) >= 11 is 7.69. The number of benzene rings is 1. The molecular weight excluding hydrogens is 640 g/mol. The van der Waals surface area contributed by atoms with E-state index in [1.165, 1.54) is 40.2 Å². The minimum Gasteiger partial charge on any atom is -0.480 e. The lowest BCUT2D eigenvalue weighted by molar-refractivity contribution is -0.697. The molecule has 14 heteroatoms. The number of carbonyl (C=O) groups excluding carboxylic acids is 2. The van der Waals surface area contributed by atoms with E-state index in [0.29, 0.717) is 36.5 Å². The molecule has 0 spiro atoms. The van der Waals surface area contributed by atoms with Crippen LogP contribution in [0.3, 0.4) is 0 Å². The molecule has 1 aromatic carbocycles. The summed E-state index contributed by atoms with van der Waals surface area (Å²) in [6.07, 6.45) is 4.78. The monoisotopic (exact) mass is 667 g/mol. The molecule has 0 saturated carbocycles. The fourth-order valence-electron chi connectivity index (χ4n) is 4.19. The summed E-state index contributed by atoms with van der Waals surface area (Å²) in [5, 5.41) is 21.1. The second kappa shape index (κ2) is 13.9. The number of nitrogens with one attached hydrogen (secondary N) is 1. The van der Waals surface area contributed by atoms with Gasteiger partial charge in [0.1, 0.15) is 29.7 Å². The van der Waals surface area contributed by atoms with E-state index in [-0.39, 0.29) is 17.4 Å². The predicted molar refractivity (Wildman–Crippen MR) is 157 cm³/mol. The number of hydrogen-bond donors (Lipinski definition) is 4.